The molecule has 6 rings (SSSR count). The van der Waals surface area contributed by atoms with Crippen LogP contribution in [0.3, 0.4) is 0 Å². The van der Waals surface area contributed by atoms with Crippen molar-refractivity contribution in [3.05, 3.63) is 167 Å². The molecule has 0 bridgehead atoms. The normalized spacial score (nSPS) is 21.2. The number of phenols is 2. The van der Waals surface area contributed by atoms with Crippen molar-refractivity contribution in [3.63, 3.8) is 0 Å². The highest BCUT2D eigenvalue weighted by atomic mass is 16.4. The molecule has 30 heteroatoms. The molecule has 1 aliphatic rings. The molecule has 0 aliphatic carbocycles. The highest BCUT2D eigenvalue weighted by Crippen LogP contribution is 2.16. The summed E-state index contributed by atoms with van der Waals surface area (Å²) in [5.41, 5.74) is 19.9. The van der Waals surface area contributed by atoms with Crippen LogP contribution in [0.5, 0.6) is 11.5 Å². The third kappa shape index (κ3) is 24.6. The van der Waals surface area contributed by atoms with E-state index in [4.69, 9.17) is 22.6 Å². The lowest BCUT2D eigenvalue weighted by Crippen LogP contribution is -2.61. The predicted octanol–water partition coefficient (Wildman–Crippen LogP) is -2.55. The van der Waals surface area contributed by atoms with Crippen molar-refractivity contribution in [1.29, 1.82) is 5.41 Å². The van der Waals surface area contributed by atoms with Crippen LogP contribution >= 0.6 is 0 Å². The number of hydrogen-bond donors (Lipinski definition) is 18. The maximum atomic E-state index is 14.9. The number of carboxylic acid groups (broad SMARTS) is 1. The van der Waals surface area contributed by atoms with Crippen molar-refractivity contribution in [2.24, 2.45) is 17.2 Å². The highest BCUT2D eigenvalue weighted by Gasteiger charge is 2.37. The number of aromatic hydroxyl groups is 2. The lowest BCUT2D eigenvalue weighted by atomic mass is 10.0. The minimum absolute atomic E-state index is 0.00528. The number of nitrogens with one attached hydrogen (secondary N) is 12. The van der Waals surface area contributed by atoms with E-state index in [-0.39, 0.29) is 63.0 Å². The first-order chi connectivity index (χ1) is 45.8. The molecule has 0 radical (unpaired) electrons. The fraction of sp³-hybridized carbons (Fsp3) is 0.348. The number of rotatable bonds is 21. The van der Waals surface area contributed by atoms with Gasteiger partial charge < -0.3 is 91.0 Å². The van der Waals surface area contributed by atoms with Crippen molar-refractivity contribution in [2.45, 2.75) is 132 Å². The van der Waals surface area contributed by atoms with Crippen LogP contribution in [0.2, 0.25) is 0 Å². The first-order valence-electron chi connectivity index (χ1n) is 30.8. The Balaban J connectivity index is 1.44. The summed E-state index contributed by atoms with van der Waals surface area (Å²) in [6.45, 7) is 0.429. The fourth-order valence-corrected chi connectivity index (χ4v) is 10.1. The van der Waals surface area contributed by atoms with Gasteiger partial charge in [-0.25, -0.2) is 4.79 Å². The lowest BCUT2D eigenvalue weighted by Gasteiger charge is -2.28. The van der Waals surface area contributed by atoms with E-state index in [0.29, 0.717) is 27.8 Å². The van der Waals surface area contributed by atoms with Gasteiger partial charge in [0.05, 0.1) is 12.5 Å². The van der Waals surface area contributed by atoms with Crippen LogP contribution in [0.25, 0.3) is 0 Å². The van der Waals surface area contributed by atoms with E-state index in [1.807, 2.05) is 0 Å². The molecule has 5 aromatic carbocycles. The Morgan fingerprint density at radius 3 is 1.47 bits per heavy atom. The number of nitrogens with two attached hydrogens (primary N) is 3. The number of phenolic OH excluding ortho intramolecular Hbond substituents is 2. The van der Waals surface area contributed by atoms with Gasteiger partial charge in [-0.1, -0.05) is 115 Å². The van der Waals surface area contributed by atoms with Gasteiger partial charge in [0.15, 0.2) is 5.96 Å². The summed E-state index contributed by atoms with van der Waals surface area (Å²) in [5, 5.41) is 65.7. The molecule has 0 aromatic heterocycles. The van der Waals surface area contributed by atoms with E-state index in [0.717, 1.165) is 0 Å². The lowest BCUT2D eigenvalue weighted by molar-refractivity contribution is -0.142. The van der Waals surface area contributed by atoms with Crippen LogP contribution in [0.1, 0.15) is 66.8 Å². The van der Waals surface area contributed by atoms with Crippen LogP contribution in [0.15, 0.2) is 140 Å². The van der Waals surface area contributed by atoms with E-state index in [2.05, 4.69) is 58.5 Å². The molecule has 0 unspecified atom stereocenters. The van der Waals surface area contributed by atoms with Crippen molar-refractivity contribution >= 4 is 76.9 Å². The van der Waals surface area contributed by atoms with Crippen LogP contribution < -0.4 is 75.7 Å². The second kappa shape index (κ2) is 36.7. The van der Waals surface area contributed by atoms with E-state index < -0.39 is 163 Å². The molecule has 30 nitrogen and oxygen atoms in total. The maximum Gasteiger partial charge on any atom is 0.326 e. The maximum absolute atomic E-state index is 14.9. The number of benzene rings is 5. The zero-order chi connectivity index (χ0) is 69.8. The van der Waals surface area contributed by atoms with Crippen molar-refractivity contribution in [1.82, 2.24) is 58.5 Å². The van der Waals surface area contributed by atoms with Crippen molar-refractivity contribution in [3.8, 4) is 11.5 Å². The smallest absolute Gasteiger partial charge is 0.326 e. The molecule has 0 saturated carbocycles. The number of carbonyl (C=O) groups is 12. The summed E-state index contributed by atoms with van der Waals surface area (Å²) in [7, 11) is 0. The van der Waals surface area contributed by atoms with Gasteiger partial charge >= 0.3 is 5.97 Å². The molecular weight excluding hydrogens is 1240 g/mol. The minimum Gasteiger partial charge on any atom is -0.508 e. The molecular formula is C66H81N15O15. The molecule has 11 amide bonds. The molecule has 10 atom stereocenters. The summed E-state index contributed by atoms with van der Waals surface area (Å²) in [5.74, 6) is -13.4. The monoisotopic (exact) mass is 1320 g/mol. The standard InChI is InChI=1S/C66H81N15O15/c1-37-56(86)76-48(31-38-12-5-2-6-13-38)63(93)81-53(64(94)80-52(65(95)96)34-42-21-25-44(83)26-22-42)36-72-55(85)28-27-47(74-57(87)45(67)30-41-19-23-43(82)24-20-41)59(89)75-46(18-11-29-71-66(69)70)58(88)77-49(32-39-14-7-3-8-15-39)61(91)78-50(33-40-16-9-4-10-17-40)62(92)79-51(35-54(68)84)60(90)73-37/h2-10,12-17,19-26,37,45-53,82-83H,11,18,27-36,67H2,1H3,(H2,68,84)(H,72,85)(H,73,90)(H,74,87)(H,75,89)(H,76,86)(H,77,88)(H,78,91)(H,79,92)(H,80,94)(H,81,93)(H,95,96)(H4,69,70,71)/t37-,45-,46-,47-,48-,49-,50-,51-,52-,53-/m0/s1. The Labute approximate surface area is 552 Å². The average molecular weight is 1320 g/mol. The third-order valence-corrected chi connectivity index (χ3v) is 15.3. The number of hydrogen-bond acceptors (Lipinski definition) is 16. The molecule has 96 heavy (non-hydrogen) atoms. The Morgan fingerprint density at radius 1 is 0.552 bits per heavy atom. The van der Waals surface area contributed by atoms with Crippen LogP contribution in [0.4, 0.5) is 0 Å². The highest BCUT2D eigenvalue weighted by molar-refractivity contribution is 6.00. The van der Waals surface area contributed by atoms with Crippen molar-refractivity contribution in [2.75, 3.05) is 13.1 Å². The number of carboxylic acids is 1. The summed E-state index contributed by atoms with van der Waals surface area (Å²) in [6, 6.07) is 19.8. The zero-order valence-corrected chi connectivity index (χ0v) is 52.5. The largest absolute Gasteiger partial charge is 0.508 e. The van der Waals surface area contributed by atoms with Gasteiger partial charge in [-0.05, 0) is 84.7 Å². The van der Waals surface area contributed by atoms with Crippen LogP contribution in [-0.4, -0.2) is 166 Å². The van der Waals surface area contributed by atoms with E-state index in [1.54, 1.807) is 91.0 Å². The molecule has 5 aromatic rings. The van der Waals surface area contributed by atoms with Crippen LogP contribution in [-0.2, 0) is 89.6 Å². The molecule has 1 aliphatic heterocycles. The Morgan fingerprint density at radius 2 is 0.990 bits per heavy atom. The second-order valence-electron chi connectivity index (χ2n) is 23.0. The number of amides is 11. The molecule has 1 saturated heterocycles. The first kappa shape index (κ1) is 73.6. The molecule has 510 valence electrons. The predicted molar refractivity (Wildman–Crippen MR) is 348 cm³/mol. The zero-order valence-electron chi connectivity index (χ0n) is 52.5. The Bertz CT molecular complexity index is 3530. The Hall–Kier alpha value is -11.4. The van der Waals surface area contributed by atoms with E-state index >= 15 is 0 Å². The third-order valence-electron chi connectivity index (χ3n) is 15.3. The molecule has 1 heterocycles. The van der Waals surface area contributed by atoms with E-state index in [1.165, 1.54) is 55.5 Å². The topological polar surface area (TPSA) is 500 Å². The fourth-order valence-electron chi connectivity index (χ4n) is 10.1. The number of guanidine groups is 1. The molecule has 1 fully saturated rings. The summed E-state index contributed by atoms with van der Waals surface area (Å²) < 4.78 is 0. The molecule has 21 N–H and O–H groups in total. The minimum atomic E-state index is -1.84. The number of carbonyl (C=O) groups excluding carboxylic acids is 11. The molecule has 0 spiro atoms. The summed E-state index contributed by atoms with van der Waals surface area (Å²) in [4.78, 5) is 170. The number of primary amides is 1. The van der Waals surface area contributed by atoms with Gasteiger partial charge in [-0.3, -0.25) is 58.1 Å². The first-order valence-corrected chi connectivity index (χ1v) is 30.8. The Kier molecular flexibility index (Phi) is 28.2. The van der Waals surface area contributed by atoms with Gasteiger partial charge in [-0.2, -0.15) is 0 Å². The van der Waals surface area contributed by atoms with E-state index in [9.17, 15) is 72.9 Å². The summed E-state index contributed by atoms with van der Waals surface area (Å²) in [6.07, 6.45) is -3.40. The van der Waals surface area contributed by atoms with Gasteiger partial charge in [0, 0.05) is 45.2 Å². The van der Waals surface area contributed by atoms with Gasteiger partial charge in [0.25, 0.3) is 0 Å². The van der Waals surface area contributed by atoms with Gasteiger partial charge in [0.1, 0.15) is 65.9 Å². The summed E-state index contributed by atoms with van der Waals surface area (Å²) >= 11 is 0. The second-order valence-corrected chi connectivity index (χ2v) is 23.0. The van der Waals surface area contributed by atoms with Crippen LogP contribution in [0, 0.1) is 5.41 Å². The number of aliphatic carboxylic acids is 1. The van der Waals surface area contributed by atoms with Gasteiger partial charge in [0.2, 0.25) is 65.0 Å². The van der Waals surface area contributed by atoms with Gasteiger partial charge in [-0.15, -0.1) is 0 Å². The van der Waals surface area contributed by atoms with Crippen molar-refractivity contribution < 1.29 is 72.9 Å². The quantitative estimate of drug-likeness (QED) is 0.0204. The average Bonchev–Trinajstić information content (AvgIpc) is 0.891. The SMILES string of the molecule is C[C@@H]1NC(=O)[C@H](CC(N)=O)NC(=O)[C@H](Cc2ccccc2)NC(=O)[C@H](Cc2ccccc2)NC(=O)[C@H](CCCNC(=N)N)NC(=O)[C@@H](NC(=O)[C@@H](N)Cc2ccc(O)cc2)CCC(=O)NC[C@@H](C(=O)N[C@@H](Cc2ccc(O)cc2)C(=O)O)NC(=O)[C@H](Cc2ccccc2)NC1=O.